The minimum absolute atomic E-state index is 0.217. The number of halogens is 6. The molecule has 0 spiro atoms. The van der Waals surface area contributed by atoms with Gasteiger partial charge in [0.1, 0.15) is 5.69 Å². The molecule has 1 aliphatic heterocycles. The highest BCUT2D eigenvalue weighted by molar-refractivity contribution is 7.99. The van der Waals surface area contributed by atoms with E-state index in [1.807, 2.05) is 33.8 Å². The highest BCUT2D eigenvalue weighted by atomic mass is 32.2. The van der Waals surface area contributed by atoms with Crippen molar-refractivity contribution < 1.29 is 31.1 Å². The molecule has 4 nitrogen and oxygen atoms in total. The van der Waals surface area contributed by atoms with Crippen LogP contribution < -0.4 is 4.90 Å². The Hall–Kier alpha value is -2.82. The summed E-state index contributed by atoms with van der Waals surface area (Å²) in [6, 6.07) is 2.86. The van der Waals surface area contributed by atoms with Gasteiger partial charge in [0, 0.05) is 30.3 Å². The van der Waals surface area contributed by atoms with Gasteiger partial charge in [0.15, 0.2) is 0 Å². The summed E-state index contributed by atoms with van der Waals surface area (Å²) in [5, 5.41) is 0. The second-order valence-corrected chi connectivity index (χ2v) is 8.79. The Kier molecular flexibility index (Phi) is 10.2. The molecule has 0 radical (unpaired) electrons. The van der Waals surface area contributed by atoms with Gasteiger partial charge in [-0.15, -0.1) is 11.8 Å². The van der Waals surface area contributed by atoms with E-state index in [-0.39, 0.29) is 11.4 Å². The summed E-state index contributed by atoms with van der Waals surface area (Å²) in [7, 11) is 0. The van der Waals surface area contributed by atoms with Gasteiger partial charge in [-0.3, -0.25) is 9.78 Å². The third-order valence-electron chi connectivity index (χ3n) is 4.97. The first-order valence-corrected chi connectivity index (χ1v) is 12.3. The summed E-state index contributed by atoms with van der Waals surface area (Å²) in [6.07, 6.45) is -1.64. The third kappa shape index (κ3) is 7.35. The fourth-order valence-electron chi connectivity index (χ4n) is 3.38. The summed E-state index contributed by atoms with van der Waals surface area (Å²) >= 11 is 1.49. The predicted molar refractivity (Wildman–Crippen MR) is 129 cm³/mol. The van der Waals surface area contributed by atoms with Crippen molar-refractivity contribution in [2.24, 2.45) is 0 Å². The molecule has 0 atom stereocenters. The van der Waals surface area contributed by atoms with E-state index in [2.05, 4.69) is 9.97 Å². The number of hydrogen-bond donors (Lipinski definition) is 0. The molecule has 36 heavy (non-hydrogen) atoms. The maximum atomic E-state index is 13.0. The van der Waals surface area contributed by atoms with Crippen LogP contribution in [0.5, 0.6) is 0 Å². The number of alkyl halides is 6. The molecule has 0 fully saturated rings. The van der Waals surface area contributed by atoms with Crippen LogP contribution in [0.25, 0.3) is 0 Å². The zero-order chi connectivity index (χ0) is 27.1. The third-order valence-corrected chi connectivity index (χ3v) is 5.88. The Balaban J connectivity index is 0.000000347. The summed E-state index contributed by atoms with van der Waals surface area (Å²) in [6.45, 7) is 8.14. The minimum atomic E-state index is -4.50. The number of nitrogens with zero attached hydrogens (tertiary/aromatic N) is 3. The number of rotatable bonds is 3. The van der Waals surface area contributed by atoms with Crippen molar-refractivity contribution >= 4 is 23.4 Å². The van der Waals surface area contributed by atoms with Crippen LogP contribution >= 0.6 is 11.8 Å². The molecular formula is C25H27F6N3OS. The van der Waals surface area contributed by atoms with Crippen LogP contribution in [0, 0.1) is 6.92 Å². The lowest BCUT2D eigenvalue weighted by Gasteiger charge is -2.19. The molecule has 0 saturated heterocycles. The molecule has 2 aromatic heterocycles. The minimum Gasteiger partial charge on any atom is -0.305 e. The Morgan fingerprint density at radius 2 is 1.75 bits per heavy atom. The van der Waals surface area contributed by atoms with Crippen molar-refractivity contribution in [3.8, 4) is 0 Å². The standard InChI is InChI=1S/C17H16F3N3OS.C6H5F3.C2H6/c1-3-25-14-6-10(2)8-22-15(14)16(24)23-5-4-12-13(23)7-11(9-21-12)17(18,19)20;7-6(8,9)5-3-1-2-4-5;1-2/h6-9H,3-5H2,1-2H3;1,3-4H,2H2;1-2H3. The van der Waals surface area contributed by atoms with Gasteiger partial charge in [0.25, 0.3) is 5.91 Å². The monoisotopic (exact) mass is 531 g/mol. The molecule has 1 amide bonds. The zero-order valence-electron chi connectivity index (χ0n) is 20.3. The second-order valence-electron chi connectivity index (χ2n) is 7.48. The number of aryl methyl sites for hydroxylation is 1. The maximum absolute atomic E-state index is 13.0. The lowest BCUT2D eigenvalue weighted by molar-refractivity contribution is -0.137. The van der Waals surface area contributed by atoms with Gasteiger partial charge in [0.05, 0.1) is 22.5 Å². The summed E-state index contributed by atoms with van der Waals surface area (Å²) in [4.78, 5) is 23.1. The molecule has 2 aliphatic rings. The van der Waals surface area contributed by atoms with Crippen molar-refractivity contribution in [2.75, 3.05) is 17.2 Å². The number of aromatic nitrogens is 2. The van der Waals surface area contributed by atoms with E-state index in [0.717, 1.165) is 34.6 Å². The number of fused-ring (bicyclic) bond motifs is 1. The van der Waals surface area contributed by atoms with E-state index < -0.39 is 29.4 Å². The fraction of sp³-hybridized carbons (Fsp3) is 0.400. The average molecular weight is 532 g/mol. The van der Waals surface area contributed by atoms with Gasteiger partial charge in [-0.1, -0.05) is 39.0 Å². The van der Waals surface area contributed by atoms with Crippen LogP contribution in [0.1, 0.15) is 54.5 Å². The number of carbonyl (C=O) groups excluding carboxylic acids is 1. The number of pyridine rings is 2. The fourth-order valence-corrected chi connectivity index (χ4v) is 4.23. The molecule has 196 valence electrons. The topological polar surface area (TPSA) is 46.1 Å². The molecule has 3 heterocycles. The number of allylic oxidation sites excluding steroid dienone is 4. The zero-order valence-corrected chi connectivity index (χ0v) is 21.1. The van der Waals surface area contributed by atoms with Gasteiger partial charge in [0.2, 0.25) is 0 Å². The molecule has 4 rings (SSSR count). The van der Waals surface area contributed by atoms with Crippen LogP contribution in [0.3, 0.4) is 0 Å². The quantitative estimate of drug-likeness (QED) is 0.303. The van der Waals surface area contributed by atoms with Crippen LogP contribution in [0.4, 0.5) is 32.0 Å². The Morgan fingerprint density at radius 1 is 1.06 bits per heavy atom. The lowest BCUT2D eigenvalue weighted by Crippen LogP contribution is -2.30. The van der Waals surface area contributed by atoms with E-state index in [1.165, 1.54) is 28.8 Å². The summed E-state index contributed by atoms with van der Waals surface area (Å²) in [5.74, 6) is 0.373. The number of anilines is 1. The molecule has 11 heteroatoms. The van der Waals surface area contributed by atoms with E-state index in [4.69, 9.17) is 0 Å². The van der Waals surface area contributed by atoms with Crippen LogP contribution in [-0.2, 0) is 12.6 Å². The van der Waals surface area contributed by atoms with E-state index in [9.17, 15) is 31.1 Å². The van der Waals surface area contributed by atoms with Gasteiger partial charge >= 0.3 is 12.4 Å². The first-order chi connectivity index (χ1) is 16.9. The molecular weight excluding hydrogens is 504 g/mol. The van der Waals surface area contributed by atoms with Crippen molar-refractivity contribution in [2.45, 2.75) is 57.8 Å². The van der Waals surface area contributed by atoms with E-state index in [0.29, 0.717) is 25.1 Å². The molecule has 0 aromatic carbocycles. The second kappa shape index (κ2) is 12.4. The maximum Gasteiger partial charge on any atom is 0.417 e. The highest BCUT2D eigenvalue weighted by Crippen LogP contribution is 2.36. The van der Waals surface area contributed by atoms with Crippen molar-refractivity contribution in [3.05, 3.63) is 70.8 Å². The van der Waals surface area contributed by atoms with E-state index >= 15 is 0 Å². The Morgan fingerprint density at radius 3 is 2.28 bits per heavy atom. The normalized spacial score (nSPS) is 14.4. The van der Waals surface area contributed by atoms with Crippen molar-refractivity contribution in [3.63, 3.8) is 0 Å². The number of amides is 1. The van der Waals surface area contributed by atoms with E-state index in [1.54, 1.807) is 6.20 Å². The SMILES string of the molecule is CC.CCSc1cc(C)cnc1C(=O)N1CCc2ncc(C(F)(F)F)cc21.FC(F)(F)C1=CCC=C1. The van der Waals surface area contributed by atoms with Crippen molar-refractivity contribution in [1.29, 1.82) is 0 Å². The number of thioether (sulfide) groups is 1. The van der Waals surface area contributed by atoms with Crippen LogP contribution in [-0.4, -0.2) is 34.3 Å². The number of hydrogen-bond acceptors (Lipinski definition) is 4. The molecule has 2 aromatic rings. The molecule has 0 N–H and O–H groups in total. The first kappa shape index (κ1) is 29.4. The highest BCUT2D eigenvalue weighted by Gasteiger charge is 2.35. The Bertz CT molecular complexity index is 1130. The van der Waals surface area contributed by atoms with Crippen LogP contribution in [0.15, 0.2) is 53.2 Å². The predicted octanol–water partition coefficient (Wildman–Crippen LogP) is 7.58. The smallest absolute Gasteiger partial charge is 0.305 e. The van der Waals surface area contributed by atoms with Gasteiger partial charge in [-0.25, -0.2) is 4.98 Å². The van der Waals surface area contributed by atoms with Gasteiger partial charge in [-0.2, -0.15) is 26.3 Å². The van der Waals surface area contributed by atoms with Gasteiger partial charge in [-0.05, 0) is 36.8 Å². The molecule has 0 unspecified atom stereocenters. The Labute approximate surface area is 210 Å². The van der Waals surface area contributed by atoms with Gasteiger partial charge < -0.3 is 4.90 Å². The number of carbonyl (C=O) groups is 1. The lowest BCUT2D eigenvalue weighted by atomic mass is 10.2. The molecule has 0 bridgehead atoms. The van der Waals surface area contributed by atoms with Crippen molar-refractivity contribution in [1.82, 2.24) is 9.97 Å². The average Bonchev–Trinajstić information content (AvgIpc) is 3.50. The summed E-state index contributed by atoms with van der Waals surface area (Å²) in [5.41, 5.74) is 0.527. The molecule has 1 aliphatic carbocycles. The largest absolute Gasteiger partial charge is 0.417 e. The summed E-state index contributed by atoms with van der Waals surface area (Å²) < 4.78 is 73.8. The van der Waals surface area contributed by atoms with Crippen LogP contribution in [0.2, 0.25) is 0 Å². The molecule has 0 saturated carbocycles. The first-order valence-electron chi connectivity index (χ1n) is 11.3.